The van der Waals surface area contributed by atoms with Gasteiger partial charge in [0.05, 0.1) is 26.4 Å². The molecule has 436 valence electrons. The van der Waals surface area contributed by atoms with E-state index in [1.54, 1.807) is 72.8 Å². The summed E-state index contributed by atoms with van der Waals surface area (Å²) < 4.78 is 10.6. The zero-order valence-electron chi connectivity index (χ0n) is 44.9. The predicted molar refractivity (Wildman–Crippen MR) is 307 cm³/mol. The van der Waals surface area contributed by atoms with E-state index in [1.165, 1.54) is 45.4 Å². The van der Waals surface area contributed by atoms with E-state index < -0.39 is 108 Å². The largest absolute Gasteiger partial charge is 0.497 e. The summed E-state index contributed by atoms with van der Waals surface area (Å²) in [6.45, 7) is 1.44. The van der Waals surface area contributed by atoms with Crippen LogP contribution in [-0.4, -0.2) is 145 Å². The number of primary amides is 2. The highest BCUT2D eigenvalue weighted by Crippen LogP contribution is 2.25. The topological polar surface area (TPSA) is 381 Å². The molecule has 5 rings (SSSR count). The van der Waals surface area contributed by atoms with Gasteiger partial charge in [-0.05, 0) is 110 Å². The van der Waals surface area contributed by atoms with Gasteiger partial charge in [-0.3, -0.25) is 43.2 Å². The maximum Gasteiger partial charge on any atom is 0.248 e. The van der Waals surface area contributed by atoms with Crippen LogP contribution >= 0.6 is 33.2 Å². The van der Waals surface area contributed by atoms with Crippen molar-refractivity contribution in [2.24, 2.45) is 22.9 Å². The molecule has 0 aliphatic carbocycles. The number of hydrogen-bond donors (Lipinski definition) is 12. The predicted octanol–water partition coefficient (Wildman–Crippen LogP) is -0.162. The van der Waals surface area contributed by atoms with E-state index in [0.717, 1.165) is 21.6 Å². The third-order valence-electron chi connectivity index (χ3n) is 13.0. The van der Waals surface area contributed by atoms with E-state index in [9.17, 15) is 48.3 Å². The van der Waals surface area contributed by atoms with E-state index in [1.807, 2.05) is 0 Å². The van der Waals surface area contributed by atoms with Gasteiger partial charge in [-0.15, -0.1) is 0 Å². The van der Waals surface area contributed by atoms with Crippen molar-refractivity contribution < 1.29 is 57.7 Å². The number of ether oxygens (including phenoxy) is 2. The van der Waals surface area contributed by atoms with Gasteiger partial charge in [-0.1, -0.05) is 81.7 Å². The Morgan fingerprint density at radius 3 is 1.68 bits per heavy atom. The van der Waals surface area contributed by atoms with E-state index in [4.69, 9.17) is 44.0 Å². The molecule has 1 aliphatic rings. The summed E-state index contributed by atoms with van der Waals surface area (Å²) in [5.74, 6) is -7.29. The molecule has 4 aromatic carbocycles. The van der Waals surface area contributed by atoms with Gasteiger partial charge in [0, 0.05) is 41.4 Å². The molecule has 0 saturated carbocycles. The molecule has 1 saturated heterocycles. The number of nitrogens with one attached hydrogen (secondary N) is 7. The summed E-state index contributed by atoms with van der Waals surface area (Å²) in [6.07, 6.45) is -1.34. The van der Waals surface area contributed by atoms with E-state index in [0.29, 0.717) is 51.6 Å². The molecule has 26 heteroatoms. The summed E-state index contributed by atoms with van der Waals surface area (Å²) >= 11 is 6.09. The molecular weight excluding hydrogens is 1110 g/mol. The number of aliphatic hydroxyl groups is 1. The van der Waals surface area contributed by atoms with Crippen molar-refractivity contribution >= 4 is 86.4 Å². The second-order valence-corrected chi connectivity index (χ2v) is 22.1. The van der Waals surface area contributed by atoms with Crippen molar-refractivity contribution in [3.8, 4) is 11.5 Å². The van der Waals surface area contributed by atoms with Gasteiger partial charge in [0.25, 0.3) is 0 Å². The van der Waals surface area contributed by atoms with Gasteiger partial charge < -0.3 is 74.7 Å². The molecule has 1 heterocycles. The van der Waals surface area contributed by atoms with Crippen LogP contribution in [0.15, 0.2) is 97.1 Å². The number of nitrogens with two attached hydrogens (primary N) is 4. The molecule has 0 radical (unpaired) electrons. The molecule has 2 unspecified atom stereocenters. The van der Waals surface area contributed by atoms with Crippen LogP contribution in [0.4, 0.5) is 0 Å². The smallest absolute Gasteiger partial charge is 0.248 e. The molecule has 9 amide bonds. The molecule has 0 spiro atoms. The minimum absolute atomic E-state index is 0.0366. The van der Waals surface area contributed by atoms with Crippen LogP contribution in [0.5, 0.6) is 11.5 Å². The number of hydrogen-bond acceptors (Lipinski definition) is 16. The fourth-order valence-electron chi connectivity index (χ4n) is 8.29. The zero-order chi connectivity index (χ0) is 59.2. The highest BCUT2D eigenvalue weighted by Gasteiger charge is 2.36. The van der Waals surface area contributed by atoms with E-state index >= 15 is 0 Å². The van der Waals surface area contributed by atoms with Crippen LogP contribution in [0, 0.1) is 0 Å². The number of rotatable bonds is 21. The second-order valence-electron chi connectivity index (χ2n) is 19.2. The molecule has 23 nitrogen and oxygen atoms in total. The van der Waals surface area contributed by atoms with Crippen molar-refractivity contribution in [3.63, 3.8) is 0 Å². The lowest BCUT2D eigenvalue weighted by atomic mass is 10.00. The zero-order valence-corrected chi connectivity index (χ0v) is 47.3. The number of aliphatic hydroxyl groups excluding tert-OH is 1. The summed E-state index contributed by atoms with van der Waals surface area (Å²) in [5, 5.41) is 30.1. The SMILES string of the molecule is COc1ccc(C[C@@H]2NC(=O)[C@H](NC(=O)[C@@H](N)Cc3ccc(Cl)cc3)CSSC[C@@H](C(=O)N[C@H](Cc3ccc(OC)cc3)C(N)=O)NC(=O)C(C(C)O)NC(=O)[C@H](CCCCN)NC(=O)[C@@H](Cc3ccc(C(N)=O)cc3)NC2=O)cc1. The maximum atomic E-state index is 14.8. The Morgan fingerprint density at radius 1 is 0.654 bits per heavy atom. The van der Waals surface area contributed by atoms with Crippen LogP contribution < -0.4 is 69.6 Å². The normalized spacial score (nSPS) is 20.8. The van der Waals surface area contributed by atoms with Gasteiger partial charge in [0.1, 0.15) is 53.8 Å². The first kappa shape index (κ1) is 64.4. The first-order valence-corrected chi connectivity index (χ1v) is 28.7. The molecule has 9 atom stereocenters. The quantitative estimate of drug-likeness (QED) is 0.0381. The fraction of sp³-hybridized carbons (Fsp3) is 0.400. The highest BCUT2D eigenvalue weighted by atomic mass is 35.5. The van der Waals surface area contributed by atoms with Gasteiger partial charge in [0.15, 0.2) is 0 Å². The average Bonchev–Trinajstić information content (AvgIpc) is 3.44. The molecule has 1 aliphatic heterocycles. The number of amides is 9. The summed E-state index contributed by atoms with van der Waals surface area (Å²) in [6, 6.07) is 14.3. The van der Waals surface area contributed by atoms with Crippen LogP contribution in [0.2, 0.25) is 5.02 Å². The monoisotopic (exact) mass is 1180 g/mol. The summed E-state index contributed by atoms with van der Waals surface area (Å²) in [5.41, 5.74) is 25.9. The molecule has 16 N–H and O–H groups in total. The fourth-order valence-corrected chi connectivity index (χ4v) is 10.7. The minimum atomic E-state index is -1.74. The Balaban J connectivity index is 1.58. The average molecular weight is 1180 g/mol. The van der Waals surface area contributed by atoms with Crippen LogP contribution in [0.3, 0.4) is 0 Å². The van der Waals surface area contributed by atoms with Gasteiger partial charge in [-0.25, -0.2) is 0 Å². The first-order chi connectivity index (χ1) is 38.7. The van der Waals surface area contributed by atoms with E-state index in [2.05, 4.69) is 37.2 Å². The summed E-state index contributed by atoms with van der Waals surface area (Å²) in [4.78, 5) is 126. The van der Waals surface area contributed by atoms with Gasteiger partial charge in [-0.2, -0.15) is 0 Å². The van der Waals surface area contributed by atoms with Crippen LogP contribution in [0.25, 0.3) is 0 Å². The number of carbonyl (C=O) groups is 9. The molecule has 81 heavy (non-hydrogen) atoms. The Morgan fingerprint density at radius 2 is 1.15 bits per heavy atom. The third kappa shape index (κ3) is 20.6. The van der Waals surface area contributed by atoms with Crippen molar-refractivity contribution in [2.45, 2.75) is 106 Å². The molecular formula is C55H70ClN11O12S2. The van der Waals surface area contributed by atoms with Crippen molar-refractivity contribution in [1.29, 1.82) is 0 Å². The number of carbonyl (C=O) groups excluding carboxylic acids is 9. The van der Waals surface area contributed by atoms with Crippen molar-refractivity contribution in [2.75, 3.05) is 32.3 Å². The molecule has 4 aromatic rings. The van der Waals surface area contributed by atoms with Gasteiger partial charge in [0.2, 0.25) is 53.2 Å². The van der Waals surface area contributed by atoms with E-state index in [-0.39, 0.29) is 55.7 Å². The second kappa shape index (κ2) is 32.1. The molecule has 0 aromatic heterocycles. The van der Waals surface area contributed by atoms with Crippen LogP contribution in [-0.2, 0) is 64.0 Å². The lowest BCUT2D eigenvalue weighted by Crippen LogP contribution is -2.62. The van der Waals surface area contributed by atoms with Crippen LogP contribution in [0.1, 0.15) is 58.8 Å². The van der Waals surface area contributed by atoms with Crippen molar-refractivity contribution in [3.05, 3.63) is 130 Å². The van der Waals surface area contributed by atoms with Gasteiger partial charge >= 0.3 is 0 Å². The Hall–Kier alpha value is -7.42. The number of halogens is 1. The lowest BCUT2D eigenvalue weighted by molar-refractivity contribution is -0.136. The Bertz CT molecular complexity index is 2800. The first-order valence-electron chi connectivity index (χ1n) is 25.9. The van der Waals surface area contributed by atoms with Crippen molar-refractivity contribution in [1.82, 2.24) is 37.2 Å². The number of unbranched alkanes of at least 4 members (excludes halogenated alkanes) is 1. The Kier molecular flexibility index (Phi) is 25.5. The summed E-state index contributed by atoms with van der Waals surface area (Å²) in [7, 11) is 4.92. The lowest BCUT2D eigenvalue weighted by Gasteiger charge is -2.29. The standard InChI is InChI=1S/C55H70ClN11O12S2/c1-30(68)46-55(77)66-45(53(75)62-41(48(60)70)25-33-11-19-37(78-2)20-12-33)29-81-80-28-44(65-49(71)39(58)24-31-9-17-36(56)18-10-31)54(76)64-43(27-34-13-21-38(79-3)22-14-34)52(74)63-42(26-32-7-15-35(16-8-32)47(59)69)51(73)61-40(50(72)67-46)6-4-5-23-57/h7-22,30,39-46,68H,4-6,23-29,57-58H2,1-3H3,(H2,59,69)(H2,60,70)(H,61,73)(H,62,75)(H,63,74)(H,64,76)(H,65,71)(H,66,77)(H,67,72)/t30?,39-,40-,41+,42+,43-,44+,45-,46?/m0/s1. The third-order valence-corrected chi connectivity index (χ3v) is 15.6. The Labute approximate surface area is 482 Å². The maximum absolute atomic E-state index is 14.8. The molecule has 1 fully saturated rings. The number of benzene rings is 4. The molecule has 0 bridgehead atoms. The minimum Gasteiger partial charge on any atom is -0.497 e. The number of methoxy groups -OCH3 is 2. The highest BCUT2D eigenvalue weighted by molar-refractivity contribution is 8.76.